The molecule has 31 heavy (non-hydrogen) atoms. The molecule has 0 saturated heterocycles. The van der Waals surface area contributed by atoms with Crippen LogP contribution in [0.15, 0.2) is 61.2 Å². The lowest BCUT2D eigenvalue weighted by atomic mass is 10.1. The lowest BCUT2D eigenvalue weighted by molar-refractivity contribution is -0.146. The molecule has 2 rings (SSSR count). The van der Waals surface area contributed by atoms with Crippen LogP contribution in [0.2, 0.25) is 0 Å². The monoisotopic (exact) mass is 427 g/mol. The van der Waals surface area contributed by atoms with Crippen LogP contribution in [0.3, 0.4) is 0 Å². The van der Waals surface area contributed by atoms with Crippen LogP contribution in [0, 0.1) is 0 Å². The molecule has 1 amide bonds. The van der Waals surface area contributed by atoms with Gasteiger partial charge in [0, 0.05) is 0 Å². The van der Waals surface area contributed by atoms with Gasteiger partial charge in [0.1, 0.15) is 17.9 Å². The minimum absolute atomic E-state index is 0.0287. The quantitative estimate of drug-likeness (QED) is 0.231. The lowest BCUT2D eigenvalue weighted by Gasteiger charge is -2.23. The number of benzene rings is 2. The van der Waals surface area contributed by atoms with E-state index in [9.17, 15) is 14.4 Å². The second-order valence-electron chi connectivity index (χ2n) is 6.07. The minimum atomic E-state index is -0.707. The summed E-state index contributed by atoms with van der Waals surface area (Å²) < 4.78 is 15.7. The van der Waals surface area contributed by atoms with Crippen molar-refractivity contribution in [3.8, 4) is 11.5 Å². The molecule has 0 aliphatic carbocycles. The van der Waals surface area contributed by atoms with E-state index in [0.717, 1.165) is 5.06 Å². The lowest BCUT2D eigenvalue weighted by Crippen LogP contribution is -2.34. The summed E-state index contributed by atoms with van der Waals surface area (Å²) in [5.41, 5.74) is 0.145. The zero-order valence-electron chi connectivity index (χ0n) is 17.5. The topological polar surface area (TPSA) is 91.4 Å². The van der Waals surface area contributed by atoms with Crippen LogP contribution in [0.1, 0.15) is 30.6 Å². The number of carbonyl (C=O) groups excluding carboxylic acids is 3. The summed E-state index contributed by atoms with van der Waals surface area (Å²) in [6.07, 6.45) is 0.872. The second-order valence-corrected chi connectivity index (χ2v) is 6.07. The highest BCUT2D eigenvalue weighted by Gasteiger charge is 2.26. The number of para-hydroxylation sites is 1. The predicted octanol–water partition coefficient (Wildman–Crippen LogP) is 4.06. The molecule has 0 spiro atoms. The molecule has 0 atom stereocenters. The van der Waals surface area contributed by atoms with Gasteiger partial charge >= 0.3 is 11.9 Å². The third-order valence-electron chi connectivity index (χ3n) is 3.81. The van der Waals surface area contributed by atoms with E-state index in [1.54, 1.807) is 32.0 Å². The molecule has 0 aliphatic rings. The molecule has 0 N–H and O–H groups in total. The van der Waals surface area contributed by atoms with Crippen LogP contribution in [-0.2, 0) is 23.9 Å². The molecule has 164 valence electrons. The second kappa shape index (κ2) is 12.1. The number of carbonyl (C=O) groups is 3. The van der Waals surface area contributed by atoms with E-state index in [1.807, 2.05) is 18.2 Å². The van der Waals surface area contributed by atoms with Crippen molar-refractivity contribution in [2.75, 3.05) is 24.9 Å². The van der Waals surface area contributed by atoms with E-state index in [0.29, 0.717) is 11.5 Å². The molecule has 0 radical (unpaired) electrons. The van der Waals surface area contributed by atoms with Crippen LogP contribution in [0.5, 0.6) is 11.5 Å². The summed E-state index contributed by atoms with van der Waals surface area (Å²) in [7, 11) is 0. The Kier molecular flexibility index (Phi) is 9.25. The highest BCUT2D eigenvalue weighted by molar-refractivity contribution is 6.06. The molecular formula is C23H25NO7. The van der Waals surface area contributed by atoms with Crippen LogP contribution in [0.25, 0.3) is 0 Å². The smallest absolute Gasteiger partial charge is 0.340 e. The number of anilines is 1. The molecule has 0 fully saturated rings. The fraction of sp³-hybridized carbons (Fsp3) is 0.261. The molecule has 0 heterocycles. The van der Waals surface area contributed by atoms with Crippen molar-refractivity contribution in [3.05, 3.63) is 66.7 Å². The highest BCUT2D eigenvalue weighted by atomic mass is 16.7. The van der Waals surface area contributed by atoms with Crippen molar-refractivity contribution in [1.82, 2.24) is 0 Å². The Balaban J connectivity index is 2.42. The van der Waals surface area contributed by atoms with Gasteiger partial charge < -0.3 is 14.2 Å². The normalized spacial score (nSPS) is 10.1. The van der Waals surface area contributed by atoms with Gasteiger partial charge in [-0.25, -0.2) is 4.79 Å². The summed E-state index contributed by atoms with van der Waals surface area (Å²) in [4.78, 5) is 42.6. The Hall–Kier alpha value is -3.65. The number of ether oxygens (including phenoxy) is 3. The van der Waals surface area contributed by atoms with E-state index in [-0.39, 0.29) is 31.1 Å². The van der Waals surface area contributed by atoms with Crippen LogP contribution in [-0.4, -0.2) is 37.7 Å². The van der Waals surface area contributed by atoms with Gasteiger partial charge in [-0.05, 0) is 44.2 Å². The first-order valence-corrected chi connectivity index (χ1v) is 9.76. The van der Waals surface area contributed by atoms with Crippen LogP contribution >= 0.6 is 0 Å². The fourth-order valence-corrected chi connectivity index (χ4v) is 2.56. The first-order chi connectivity index (χ1) is 15.0. The molecule has 2 aromatic rings. The Morgan fingerprint density at radius 3 is 2.32 bits per heavy atom. The number of amides is 1. The first kappa shape index (κ1) is 23.6. The SMILES string of the molecule is C=CCON(C(=O)CC(=O)OCC)c1ccc(Oc2ccccc2)cc1C(=O)OCC. The number of hydroxylamine groups is 1. The number of hydrogen-bond donors (Lipinski definition) is 0. The highest BCUT2D eigenvalue weighted by Crippen LogP contribution is 2.30. The maximum absolute atomic E-state index is 12.7. The van der Waals surface area contributed by atoms with Crippen LogP contribution in [0.4, 0.5) is 5.69 Å². The van der Waals surface area contributed by atoms with E-state index in [2.05, 4.69) is 6.58 Å². The number of hydrogen-bond acceptors (Lipinski definition) is 7. The molecule has 0 bridgehead atoms. The Morgan fingerprint density at radius 1 is 0.968 bits per heavy atom. The van der Waals surface area contributed by atoms with Crippen molar-refractivity contribution in [2.24, 2.45) is 0 Å². The summed E-state index contributed by atoms with van der Waals surface area (Å²) in [5.74, 6) is -1.15. The summed E-state index contributed by atoms with van der Waals surface area (Å²) in [6, 6.07) is 13.5. The zero-order valence-corrected chi connectivity index (χ0v) is 17.5. The summed E-state index contributed by atoms with van der Waals surface area (Å²) >= 11 is 0. The van der Waals surface area contributed by atoms with Gasteiger partial charge in [-0.15, -0.1) is 6.58 Å². The average molecular weight is 427 g/mol. The number of nitrogens with zero attached hydrogens (tertiary/aromatic N) is 1. The predicted molar refractivity (Wildman–Crippen MR) is 114 cm³/mol. The summed E-state index contributed by atoms with van der Waals surface area (Å²) in [5, 5.41) is 0.872. The molecule has 0 aliphatic heterocycles. The Labute approximate surface area is 180 Å². The molecule has 0 aromatic heterocycles. The number of rotatable bonds is 11. The molecule has 0 saturated carbocycles. The van der Waals surface area contributed by atoms with Gasteiger partial charge in [-0.2, -0.15) is 5.06 Å². The third-order valence-corrected chi connectivity index (χ3v) is 3.81. The van der Waals surface area contributed by atoms with Gasteiger partial charge in [0.05, 0.1) is 31.1 Å². The first-order valence-electron chi connectivity index (χ1n) is 9.76. The average Bonchev–Trinajstić information content (AvgIpc) is 2.75. The molecule has 8 nitrogen and oxygen atoms in total. The molecule has 0 unspecified atom stereocenters. The van der Waals surface area contributed by atoms with Crippen molar-refractivity contribution in [3.63, 3.8) is 0 Å². The minimum Gasteiger partial charge on any atom is -0.466 e. The zero-order chi connectivity index (χ0) is 22.6. The standard InChI is InChI=1S/C23H25NO7/c1-4-14-30-24(21(25)16-22(26)28-5-2)20-13-12-18(15-19(20)23(27)29-6-3)31-17-10-8-7-9-11-17/h4,7-13,15H,1,5-6,14,16H2,2-3H3. The Morgan fingerprint density at radius 2 is 1.68 bits per heavy atom. The van der Waals surface area contributed by atoms with Crippen molar-refractivity contribution >= 4 is 23.5 Å². The maximum atomic E-state index is 12.7. The van der Waals surface area contributed by atoms with Gasteiger partial charge in [-0.1, -0.05) is 24.3 Å². The Bertz CT molecular complexity index is 911. The van der Waals surface area contributed by atoms with Crippen molar-refractivity contribution in [2.45, 2.75) is 20.3 Å². The number of esters is 2. The van der Waals surface area contributed by atoms with Gasteiger partial charge in [0.2, 0.25) is 0 Å². The van der Waals surface area contributed by atoms with Gasteiger partial charge in [0.25, 0.3) is 5.91 Å². The summed E-state index contributed by atoms with van der Waals surface area (Å²) in [6.45, 7) is 7.10. The van der Waals surface area contributed by atoms with E-state index in [4.69, 9.17) is 19.0 Å². The van der Waals surface area contributed by atoms with Crippen molar-refractivity contribution < 1.29 is 33.4 Å². The fourth-order valence-electron chi connectivity index (χ4n) is 2.56. The van der Waals surface area contributed by atoms with Gasteiger partial charge in [0.15, 0.2) is 0 Å². The van der Waals surface area contributed by atoms with Gasteiger partial charge in [-0.3, -0.25) is 14.4 Å². The van der Waals surface area contributed by atoms with E-state index < -0.39 is 24.3 Å². The third kappa shape index (κ3) is 6.97. The molecule has 8 heteroatoms. The van der Waals surface area contributed by atoms with Crippen molar-refractivity contribution in [1.29, 1.82) is 0 Å². The van der Waals surface area contributed by atoms with E-state index >= 15 is 0 Å². The van der Waals surface area contributed by atoms with Crippen LogP contribution < -0.4 is 9.80 Å². The largest absolute Gasteiger partial charge is 0.466 e. The molecular weight excluding hydrogens is 402 g/mol. The maximum Gasteiger partial charge on any atom is 0.340 e. The van der Waals surface area contributed by atoms with E-state index in [1.165, 1.54) is 18.2 Å². The molecule has 2 aromatic carbocycles.